The molecule has 0 spiro atoms. The van der Waals surface area contributed by atoms with Crippen LogP contribution in [0.15, 0.2) is 138 Å². The van der Waals surface area contributed by atoms with Gasteiger partial charge in [0.05, 0.1) is 19.9 Å². The predicted molar refractivity (Wildman–Crippen MR) is 159 cm³/mol. The van der Waals surface area contributed by atoms with Gasteiger partial charge in [-0.05, 0) is 41.5 Å². The number of hydrogen-bond acceptors (Lipinski definition) is 2. The molecule has 0 amide bonds. The van der Waals surface area contributed by atoms with Gasteiger partial charge in [0.15, 0.2) is 0 Å². The molecule has 0 aromatic heterocycles. The zero-order valence-corrected chi connectivity index (χ0v) is 22.6. The summed E-state index contributed by atoms with van der Waals surface area (Å²) in [6.45, 7) is 2.21. The minimum absolute atomic E-state index is 0.0903. The molecular weight excluding hydrogens is 493 g/mol. The van der Waals surface area contributed by atoms with Crippen molar-refractivity contribution in [3.63, 3.8) is 0 Å². The molecule has 0 aliphatic heterocycles. The third-order valence-electron chi connectivity index (χ3n) is 6.72. The summed E-state index contributed by atoms with van der Waals surface area (Å²) in [4.78, 5) is 0. The van der Waals surface area contributed by atoms with Gasteiger partial charge in [0.1, 0.15) is 5.75 Å². The monoisotopic (exact) mass is 521 g/mol. The molecule has 0 fully saturated rings. The third kappa shape index (κ3) is 5.14. The SMILES string of the molecule is COc1ccc(C(C)c2cc(Cl)ccc2N=P(c2ccccc2)(c2ccccc2)c2ccccc2)cc1. The first-order valence-corrected chi connectivity index (χ1v) is 14.5. The first kappa shape index (κ1) is 25.1. The van der Waals surface area contributed by atoms with Gasteiger partial charge in [-0.25, -0.2) is 0 Å². The molecule has 2 nitrogen and oxygen atoms in total. The molecule has 4 heteroatoms. The third-order valence-corrected chi connectivity index (χ3v) is 10.6. The Kier molecular flexibility index (Phi) is 7.60. The summed E-state index contributed by atoms with van der Waals surface area (Å²) in [5, 5.41) is 4.35. The average Bonchev–Trinajstić information content (AvgIpc) is 2.97. The van der Waals surface area contributed by atoms with Crippen molar-refractivity contribution in [1.82, 2.24) is 0 Å². The highest BCUT2D eigenvalue weighted by Gasteiger charge is 2.28. The Bertz CT molecular complexity index is 1410. The zero-order valence-electron chi connectivity index (χ0n) is 21.0. The van der Waals surface area contributed by atoms with Gasteiger partial charge in [0, 0.05) is 26.9 Å². The average molecular weight is 522 g/mol. The molecule has 0 radical (unpaired) electrons. The summed E-state index contributed by atoms with van der Waals surface area (Å²) in [7, 11) is -0.712. The van der Waals surface area contributed by atoms with E-state index in [-0.39, 0.29) is 5.92 Å². The largest absolute Gasteiger partial charge is 0.497 e. The number of halogens is 1. The normalized spacial score (nSPS) is 12.1. The molecular formula is C33H29ClNOP. The van der Waals surface area contributed by atoms with Crippen molar-refractivity contribution < 1.29 is 4.74 Å². The highest BCUT2D eigenvalue weighted by molar-refractivity contribution is 7.87. The number of hydrogen-bond donors (Lipinski definition) is 0. The van der Waals surface area contributed by atoms with Crippen molar-refractivity contribution in [3.05, 3.63) is 150 Å². The number of ether oxygens (including phenoxy) is 1. The van der Waals surface area contributed by atoms with Crippen molar-refractivity contribution in [2.75, 3.05) is 7.11 Å². The van der Waals surface area contributed by atoms with E-state index in [9.17, 15) is 0 Å². The summed E-state index contributed by atoms with van der Waals surface area (Å²) < 4.78 is 11.1. The van der Waals surface area contributed by atoms with Crippen LogP contribution in [0.25, 0.3) is 0 Å². The first-order valence-electron chi connectivity index (χ1n) is 12.3. The van der Waals surface area contributed by atoms with Gasteiger partial charge in [0.2, 0.25) is 0 Å². The molecule has 0 saturated heterocycles. The minimum Gasteiger partial charge on any atom is -0.497 e. The smallest absolute Gasteiger partial charge is 0.118 e. The first-order chi connectivity index (χ1) is 18.1. The van der Waals surface area contributed by atoms with E-state index in [0.29, 0.717) is 5.02 Å². The van der Waals surface area contributed by atoms with E-state index in [0.717, 1.165) is 17.0 Å². The van der Waals surface area contributed by atoms with E-state index in [1.807, 2.05) is 18.2 Å². The van der Waals surface area contributed by atoms with Crippen LogP contribution < -0.4 is 20.7 Å². The van der Waals surface area contributed by atoms with Gasteiger partial charge in [-0.1, -0.05) is 122 Å². The fourth-order valence-electron chi connectivity index (χ4n) is 4.75. The van der Waals surface area contributed by atoms with Crippen molar-refractivity contribution in [2.45, 2.75) is 12.8 Å². The molecule has 0 heterocycles. The molecule has 0 aliphatic carbocycles. The van der Waals surface area contributed by atoms with E-state index in [1.54, 1.807) is 7.11 Å². The molecule has 0 N–H and O–H groups in total. The number of nitrogens with zero attached hydrogens (tertiary/aromatic N) is 1. The molecule has 1 atom stereocenters. The molecule has 5 aromatic rings. The second kappa shape index (κ2) is 11.2. The standard InChI is InChI=1S/C33H29ClNOP/c1-25(26-18-21-28(36-2)22-19-26)32-24-27(34)20-23-33(32)35-37(29-12-6-3-7-13-29,30-14-8-4-9-15-30)31-16-10-5-11-17-31/h3-25H,1-2H3. The Hall–Kier alpha value is -3.58. The highest BCUT2D eigenvalue weighted by Crippen LogP contribution is 2.51. The number of methoxy groups -OCH3 is 1. The summed E-state index contributed by atoms with van der Waals surface area (Å²) in [5.74, 6) is 0.932. The van der Waals surface area contributed by atoms with Gasteiger partial charge in [-0.2, -0.15) is 0 Å². The highest BCUT2D eigenvalue weighted by atomic mass is 35.5. The summed E-state index contributed by atoms with van der Waals surface area (Å²) in [6, 6.07) is 46.4. The van der Waals surface area contributed by atoms with Gasteiger partial charge in [0.25, 0.3) is 0 Å². The molecule has 5 aromatic carbocycles. The van der Waals surface area contributed by atoms with Gasteiger partial charge in [-0.15, -0.1) is 0 Å². The van der Waals surface area contributed by atoms with Gasteiger partial charge >= 0.3 is 0 Å². The maximum Gasteiger partial charge on any atom is 0.118 e. The Labute approximate surface area is 224 Å². The summed E-state index contributed by atoms with van der Waals surface area (Å²) in [5.41, 5.74) is 3.24. The van der Waals surface area contributed by atoms with E-state index >= 15 is 0 Å². The van der Waals surface area contributed by atoms with Crippen LogP contribution in [-0.4, -0.2) is 7.11 Å². The predicted octanol–water partition coefficient (Wildman–Crippen LogP) is 8.31. The molecule has 5 rings (SSSR count). The van der Waals surface area contributed by atoms with E-state index < -0.39 is 7.05 Å². The Morgan fingerprint density at radius 3 is 1.59 bits per heavy atom. The van der Waals surface area contributed by atoms with E-state index in [2.05, 4.69) is 122 Å². The Morgan fingerprint density at radius 1 is 0.649 bits per heavy atom. The van der Waals surface area contributed by atoms with Crippen LogP contribution in [0.5, 0.6) is 5.75 Å². The molecule has 37 heavy (non-hydrogen) atoms. The van der Waals surface area contributed by atoms with E-state index in [1.165, 1.54) is 21.5 Å². The maximum absolute atomic E-state index is 6.57. The van der Waals surface area contributed by atoms with Gasteiger partial charge in [-0.3, -0.25) is 4.74 Å². The minimum atomic E-state index is -2.40. The van der Waals surface area contributed by atoms with Crippen LogP contribution in [0.4, 0.5) is 5.69 Å². The quantitative estimate of drug-likeness (QED) is 0.197. The lowest BCUT2D eigenvalue weighted by Gasteiger charge is -2.28. The van der Waals surface area contributed by atoms with Crippen LogP contribution >= 0.6 is 18.7 Å². The molecule has 0 bridgehead atoms. The Morgan fingerprint density at radius 2 is 1.14 bits per heavy atom. The van der Waals surface area contributed by atoms with Crippen LogP contribution in [-0.2, 0) is 0 Å². The van der Waals surface area contributed by atoms with Crippen molar-refractivity contribution in [3.8, 4) is 5.75 Å². The zero-order chi connectivity index (χ0) is 25.7. The lowest BCUT2D eigenvalue weighted by atomic mass is 9.92. The Balaban J connectivity index is 1.82. The lowest BCUT2D eigenvalue weighted by Crippen LogP contribution is -2.25. The molecule has 184 valence electrons. The van der Waals surface area contributed by atoms with Crippen LogP contribution in [0.3, 0.4) is 0 Å². The summed E-state index contributed by atoms with van der Waals surface area (Å²) in [6.07, 6.45) is 0. The fourth-order valence-corrected chi connectivity index (χ4v) is 8.49. The van der Waals surface area contributed by atoms with E-state index in [4.69, 9.17) is 21.1 Å². The van der Waals surface area contributed by atoms with Crippen molar-refractivity contribution in [1.29, 1.82) is 0 Å². The maximum atomic E-state index is 6.57. The second-order valence-electron chi connectivity index (χ2n) is 8.94. The fraction of sp³-hybridized carbons (Fsp3) is 0.0909. The topological polar surface area (TPSA) is 21.6 Å². The molecule has 0 saturated carbocycles. The molecule has 1 unspecified atom stereocenters. The van der Waals surface area contributed by atoms with Crippen molar-refractivity contribution in [2.24, 2.45) is 4.74 Å². The van der Waals surface area contributed by atoms with Crippen LogP contribution in [0.2, 0.25) is 5.02 Å². The van der Waals surface area contributed by atoms with Crippen molar-refractivity contribution >= 4 is 40.3 Å². The molecule has 0 aliphatic rings. The number of rotatable bonds is 7. The number of benzene rings is 5. The van der Waals surface area contributed by atoms with Crippen LogP contribution in [0.1, 0.15) is 24.0 Å². The summed E-state index contributed by atoms with van der Waals surface area (Å²) >= 11 is 6.57. The van der Waals surface area contributed by atoms with Gasteiger partial charge < -0.3 is 4.74 Å². The second-order valence-corrected chi connectivity index (χ2v) is 12.4. The van der Waals surface area contributed by atoms with Crippen LogP contribution in [0, 0.1) is 0 Å². The lowest BCUT2D eigenvalue weighted by molar-refractivity contribution is 0.414.